The molecule has 2 fully saturated rings. The number of likely N-dealkylation sites (tertiary alicyclic amines) is 1. The van der Waals surface area contributed by atoms with Gasteiger partial charge in [-0.15, -0.1) is 0 Å². The fourth-order valence-electron chi connectivity index (χ4n) is 2.87. The minimum Gasteiger partial charge on any atom is -0.303 e. The van der Waals surface area contributed by atoms with E-state index in [9.17, 15) is 0 Å². The van der Waals surface area contributed by atoms with Crippen LogP contribution in [0.3, 0.4) is 0 Å². The second kappa shape index (κ2) is 3.14. The first kappa shape index (κ1) is 7.60. The highest BCUT2D eigenvalue weighted by atomic mass is 15.1. The van der Waals surface area contributed by atoms with Gasteiger partial charge in [0.15, 0.2) is 0 Å². The second-order valence-corrected chi connectivity index (χ2v) is 4.23. The van der Waals surface area contributed by atoms with Crippen molar-refractivity contribution in [3.8, 4) is 0 Å². The molecule has 2 atom stereocenters. The molecular weight excluding hydrogens is 134 g/mol. The lowest BCUT2D eigenvalue weighted by molar-refractivity contribution is 0.216. The molecule has 2 rings (SSSR count). The van der Waals surface area contributed by atoms with Crippen LogP contribution in [0, 0.1) is 5.92 Å². The SMILES string of the molecule is CN1CCCCC2CCCC21. The molecule has 1 heteroatoms. The van der Waals surface area contributed by atoms with E-state index in [4.69, 9.17) is 0 Å². The quantitative estimate of drug-likeness (QED) is 0.516. The van der Waals surface area contributed by atoms with Gasteiger partial charge in [-0.25, -0.2) is 0 Å². The molecule has 2 aliphatic rings. The van der Waals surface area contributed by atoms with Crippen molar-refractivity contribution < 1.29 is 0 Å². The van der Waals surface area contributed by atoms with Crippen LogP contribution in [0.4, 0.5) is 0 Å². The van der Waals surface area contributed by atoms with Crippen molar-refractivity contribution >= 4 is 0 Å². The Morgan fingerprint density at radius 3 is 2.73 bits per heavy atom. The Morgan fingerprint density at radius 1 is 1.00 bits per heavy atom. The van der Waals surface area contributed by atoms with Crippen LogP contribution in [0.15, 0.2) is 0 Å². The smallest absolute Gasteiger partial charge is 0.0120 e. The molecule has 0 aromatic rings. The zero-order valence-corrected chi connectivity index (χ0v) is 7.55. The maximum atomic E-state index is 2.60. The largest absolute Gasteiger partial charge is 0.303 e. The van der Waals surface area contributed by atoms with Crippen LogP contribution >= 0.6 is 0 Å². The monoisotopic (exact) mass is 153 g/mol. The summed E-state index contributed by atoms with van der Waals surface area (Å²) >= 11 is 0. The molecule has 0 radical (unpaired) electrons. The number of rotatable bonds is 0. The molecule has 1 aliphatic heterocycles. The van der Waals surface area contributed by atoms with E-state index < -0.39 is 0 Å². The van der Waals surface area contributed by atoms with Crippen molar-refractivity contribution in [2.45, 2.75) is 44.6 Å². The lowest BCUT2D eigenvalue weighted by atomic mass is 9.98. The van der Waals surface area contributed by atoms with Crippen LogP contribution in [0.2, 0.25) is 0 Å². The summed E-state index contributed by atoms with van der Waals surface area (Å²) in [5, 5.41) is 0. The average Bonchev–Trinajstić information content (AvgIpc) is 2.40. The van der Waals surface area contributed by atoms with Gasteiger partial charge >= 0.3 is 0 Å². The first-order valence-corrected chi connectivity index (χ1v) is 5.08. The van der Waals surface area contributed by atoms with Gasteiger partial charge in [0, 0.05) is 6.04 Å². The molecule has 2 unspecified atom stereocenters. The molecule has 64 valence electrons. The van der Waals surface area contributed by atoms with Gasteiger partial charge in [-0.05, 0) is 45.2 Å². The predicted molar refractivity (Wildman–Crippen MR) is 47.6 cm³/mol. The van der Waals surface area contributed by atoms with Gasteiger partial charge in [-0.1, -0.05) is 12.8 Å². The van der Waals surface area contributed by atoms with E-state index in [0.29, 0.717) is 0 Å². The predicted octanol–water partition coefficient (Wildman–Crippen LogP) is 2.27. The van der Waals surface area contributed by atoms with E-state index in [2.05, 4.69) is 11.9 Å². The van der Waals surface area contributed by atoms with Crippen molar-refractivity contribution in [2.75, 3.05) is 13.6 Å². The topological polar surface area (TPSA) is 3.24 Å². The molecule has 0 spiro atoms. The molecule has 0 N–H and O–H groups in total. The zero-order chi connectivity index (χ0) is 7.68. The highest BCUT2D eigenvalue weighted by molar-refractivity contribution is 4.85. The van der Waals surface area contributed by atoms with Crippen molar-refractivity contribution in [1.29, 1.82) is 0 Å². The van der Waals surface area contributed by atoms with Crippen LogP contribution in [0.1, 0.15) is 38.5 Å². The molecule has 0 bridgehead atoms. The van der Waals surface area contributed by atoms with Gasteiger partial charge in [0.1, 0.15) is 0 Å². The van der Waals surface area contributed by atoms with E-state index in [1.807, 2.05) is 0 Å². The molecule has 1 saturated heterocycles. The van der Waals surface area contributed by atoms with Crippen molar-refractivity contribution in [3.63, 3.8) is 0 Å². The van der Waals surface area contributed by atoms with E-state index in [-0.39, 0.29) is 0 Å². The van der Waals surface area contributed by atoms with Crippen LogP contribution < -0.4 is 0 Å². The van der Waals surface area contributed by atoms with E-state index in [0.717, 1.165) is 12.0 Å². The maximum absolute atomic E-state index is 2.60. The first-order valence-electron chi connectivity index (χ1n) is 5.08. The third-order valence-corrected chi connectivity index (χ3v) is 3.52. The first-order chi connectivity index (χ1) is 5.38. The Balaban J connectivity index is 2.03. The van der Waals surface area contributed by atoms with Gasteiger partial charge in [0.25, 0.3) is 0 Å². The summed E-state index contributed by atoms with van der Waals surface area (Å²) in [4.78, 5) is 2.60. The van der Waals surface area contributed by atoms with Crippen LogP contribution in [0.5, 0.6) is 0 Å². The molecule has 1 aliphatic carbocycles. The van der Waals surface area contributed by atoms with Gasteiger partial charge < -0.3 is 4.90 Å². The summed E-state index contributed by atoms with van der Waals surface area (Å²) in [5.41, 5.74) is 0. The van der Waals surface area contributed by atoms with Gasteiger partial charge in [-0.3, -0.25) is 0 Å². The number of nitrogens with zero attached hydrogens (tertiary/aromatic N) is 1. The molecule has 1 heterocycles. The Labute approximate surface area is 69.8 Å². The average molecular weight is 153 g/mol. The number of hydrogen-bond acceptors (Lipinski definition) is 1. The van der Waals surface area contributed by atoms with Crippen LogP contribution in [-0.4, -0.2) is 24.5 Å². The summed E-state index contributed by atoms with van der Waals surface area (Å²) in [6.07, 6.45) is 8.89. The van der Waals surface area contributed by atoms with Gasteiger partial charge in [0.2, 0.25) is 0 Å². The molecule has 1 nitrogen and oxygen atoms in total. The van der Waals surface area contributed by atoms with Crippen LogP contribution in [-0.2, 0) is 0 Å². The minimum atomic E-state index is 0.956. The summed E-state index contributed by atoms with van der Waals surface area (Å²) in [7, 11) is 2.31. The second-order valence-electron chi connectivity index (χ2n) is 4.23. The summed E-state index contributed by atoms with van der Waals surface area (Å²) in [6, 6.07) is 0.956. The summed E-state index contributed by atoms with van der Waals surface area (Å²) < 4.78 is 0. The molecule has 11 heavy (non-hydrogen) atoms. The minimum absolute atomic E-state index is 0.956. The van der Waals surface area contributed by atoms with Gasteiger partial charge in [-0.2, -0.15) is 0 Å². The Morgan fingerprint density at radius 2 is 1.82 bits per heavy atom. The summed E-state index contributed by atoms with van der Waals surface area (Å²) in [6.45, 7) is 1.35. The number of fused-ring (bicyclic) bond motifs is 1. The Hall–Kier alpha value is -0.0400. The van der Waals surface area contributed by atoms with Gasteiger partial charge in [0.05, 0.1) is 0 Å². The van der Waals surface area contributed by atoms with E-state index in [1.165, 1.54) is 45.1 Å². The summed E-state index contributed by atoms with van der Waals surface area (Å²) in [5.74, 6) is 1.06. The standard InChI is InChI=1S/C10H19N/c1-11-8-3-2-5-9-6-4-7-10(9)11/h9-10H,2-8H2,1H3. The zero-order valence-electron chi connectivity index (χ0n) is 7.55. The van der Waals surface area contributed by atoms with Crippen molar-refractivity contribution in [2.24, 2.45) is 5.92 Å². The third-order valence-electron chi connectivity index (χ3n) is 3.52. The van der Waals surface area contributed by atoms with Crippen molar-refractivity contribution in [3.05, 3.63) is 0 Å². The normalized spacial score (nSPS) is 40.1. The molecule has 0 amide bonds. The van der Waals surface area contributed by atoms with E-state index >= 15 is 0 Å². The number of hydrogen-bond donors (Lipinski definition) is 0. The molecular formula is C10H19N. The lowest BCUT2D eigenvalue weighted by Gasteiger charge is -2.26. The Kier molecular flexibility index (Phi) is 2.17. The van der Waals surface area contributed by atoms with E-state index in [1.54, 1.807) is 0 Å². The Bertz CT molecular complexity index is 133. The molecule has 0 aromatic heterocycles. The highest BCUT2D eigenvalue weighted by Crippen LogP contribution is 2.34. The molecule has 0 aromatic carbocycles. The van der Waals surface area contributed by atoms with Crippen molar-refractivity contribution in [1.82, 2.24) is 4.90 Å². The molecule has 1 saturated carbocycles. The highest BCUT2D eigenvalue weighted by Gasteiger charge is 2.31. The maximum Gasteiger partial charge on any atom is 0.0120 e. The third kappa shape index (κ3) is 1.44. The van der Waals surface area contributed by atoms with Crippen LogP contribution in [0.25, 0.3) is 0 Å². The fraction of sp³-hybridized carbons (Fsp3) is 1.00. The lowest BCUT2D eigenvalue weighted by Crippen LogP contribution is -2.33. The fourth-order valence-corrected chi connectivity index (χ4v) is 2.87.